The Labute approximate surface area is 126 Å². The molecule has 1 rings (SSSR count). The minimum Gasteiger partial charge on any atom is -0.392 e. The van der Waals surface area contributed by atoms with Crippen molar-refractivity contribution in [2.75, 3.05) is 6.54 Å². The number of rotatable bonds is 7. The van der Waals surface area contributed by atoms with E-state index >= 15 is 0 Å². The molecule has 0 saturated heterocycles. The maximum atomic E-state index is 10.6. The zero-order valence-electron chi connectivity index (χ0n) is 13.5. The molecule has 5 heteroatoms. The largest absolute Gasteiger partial charge is 0.392 e. The fourth-order valence-electron chi connectivity index (χ4n) is 2.43. The zero-order chi connectivity index (χ0) is 16.2. The van der Waals surface area contributed by atoms with E-state index in [1.807, 2.05) is 34.6 Å². The minimum absolute atomic E-state index is 0.0736. The fourth-order valence-corrected chi connectivity index (χ4v) is 2.43. The highest BCUT2D eigenvalue weighted by Gasteiger charge is 2.30. The lowest BCUT2D eigenvalue weighted by atomic mass is 9.80. The van der Waals surface area contributed by atoms with Crippen molar-refractivity contribution >= 4 is 5.69 Å². The Bertz CT molecular complexity index is 469. The number of nitrogens with one attached hydrogen (secondary N) is 1. The number of nitro benzene ring substituents is 1. The van der Waals surface area contributed by atoms with Gasteiger partial charge in [0.25, 0.3) is 5.69 Å². The first-order valence-corrected chi connectivity index (χ1v) is 7.31. The van der Waals surface area contributed by atoms with Crippen LogP contribution >= 0.6 is 0 Å². The van der Waals surface area contributed by atoms with Crippen LogP contribution in [0.1, 0.15) is 46.2 Å². The van der Waals surface area contributed by atoms with Gasteiger partial charge in [-0.3, -0.25) is 10.1 Å². The second-order valence-corrected chi connectivity index (χ2v) is 6.63. The Hall–Kier alpha value is -1.46. The van der Waals surface area contributed by atoms with Gasteiger partial charge in [0, 0.05) is 30.1 Å². The molecular formula is C16H26N2O3. The first-order valence-electron chi connectivity index (χ1n) is 7.31. The van der Waals surface area contributed by atoms with Gasteiger partial charge in [0.2, 0.25) is 0 Å². The minimum atomic E-state index is -0.399. The molecule has 2 N–H and O–H groups in total. The molecule has 0 aliphatic carbocycles. The molecular weight excluding hydrogens is 268 g/mol. The molecule has 118 valence electrons. The Morgan fingerprint density at radius 2 is 1.76 bits per heavy atom. The lowest BCUT2D eigenvalue weighted by molar-refractivity contribution is -0.384. The lowest BCUT2D eigenvalue weighted by Crippen LogP contribution is -2.42. The Morgan fingerprint density at radius 3 is 2.19 bits per heavy atom. The number of aliphatic hydroxyl groups excluding tert-OH is 1. The molecule has 21 heavy (non-hydrogen) atoms. The Morgan fingerprint density at radius 1 is 1.24 bits per heavy atom. The van der Waals surface area contributed by atoms with Crippen molar-refractivity contribution in [1.82, 2.24) is 5.32 Å². The molecule has 0 amide bonds. The van der Waals surface area contributed by atoms with Crippen molar-refractivity contribution in [3.63, 3.8) is 0 Å². The van der Waals surface area contributed by atoms with Crippen LogP contribution < -0.4 is 5.32 Å². The first kappa shape index (κ1) is 17.6. The van der Waals surface area contributed by atoms with Gasteiger partial charge in [0.05, 0.1) is 11.0 Å². The van der Waals surface area contributed by atoms with Gasteiger partial charge in [-0.25, -0.2) is 0 Å². The van der Waals surface area contributed by atoms with Gasteiger partial charge in [0.15, 0.2) is 0 Å². The van der Waals surface area contributed by atoms with Crippen molar-refractivity contribution in [1.29, 1.82) is 0 Å². The molecule has 1 aromatic rings. The summed E-state index contributed by atoms with van der Waals surface area (Å²) in [5.74, 6) is 0.205. The van der Waals surface area contributed by atoms with Gasteiger partial charge < -0.3 is 10.4 Å². The smallest absolute Gasteiger partial charge is 0.269 e. The predicted octanol–water partition coefficient (Wildman–Crippen LogP) is 3.29. The monoisotopic (exact) mass is 294 g/mol. The molecule has 5 nitrogen and oxygen atoms in total. The topological polar surface area (TPSA) is 75.4 Å². The van der Waals surface area contributed by atoms with Crippen molar-refractivity contribution in [2.24, 2.45) is 11.3 Å². The summed E-state index contributed by atoms with van der Waals surface area (Å²) >= 11 is 0. The summed E-state index contributed by atoms with van der Waals surface area (Å²) in [6.45, 7) is 10.8. The molecule has 0 radical (unpaired) electrons. The Balaban J connectivity index is 2.65. The third-order valence-corrected chi connectivity index (χ3v) is 3.90. The molecule has 0 aliphatic rings. The third-order valence-electron chi connectivity index (χ3n) is 3.90. The highest BCUT2D eigenvalue weighted by Crippen LogP contribution is 2.26. The molecule has 0 aromatic heterocycles. The van der Waals surface area contributed by atoms with Crippen LogP contribution in [0.5, 0.6) is 0 Å². The van der Waals surface area contributed by atoms with Crippen LogP contribution in [-0.2, 0) is 0 Å². The van der Waals surface area contributed by atoms with E-state index in [0.29, 0.717) is 6.54 Å². The molecule has 0 heterocycles. The highest BCUT2D eigenvalue weighted by atomic mass is 16.6. The van der Waals surface area contributed by atoms with Crippen molar-refractivity contribution in [2.45, 2.75) is 46.8 Å². The van der Waals surface area contributed by atoms with Gasteiger partial charge in [-0.1, -0.05) is 39.8 Å². The summed E-state index contributed by atoms with van der Waals surface area (Å²) in [6, 6.07) is 6.64. The fraction of sp³-hybridized carbons (Fsp3) is 0.625. The average Bonchev–Trinajstić information content (AvgIpc) is 2.43. The van der Waals surface area contributed by atoms with Crippen LogP contribution in [0.4, 0.5) is 5.69 Å². The summed E-state index contributed by atoms with van der Waals surface area (Å²) in [5, 5.41) is 24.3. The Kier molecular flexibility index (Phi) is 5.87. The maximum Gasteiger partial charge on any atom is 0.269 e. The number of nitro groups is 1. The normalized spacial score (nSPS) is 15.0. The van der Waals surface area contributed by atoms with Crippen molar-refractivity contribution in [3.8, 4) is 0 Å². The SMILES string of the molecule is CC(NCC(C)(C)C(O)C(C)C)c1ccc([N+](=O)[O-])cc1. The number of non-ortho nitro benzene ring substituents is 1. The number of hydrogen-bond acceptors (Lipinski definition) is 4. The standard InChI is InChI=1S/C16H26N2O3/c1-11(2)15(19)16(4,5)10-17-12(3)13-6-8-14(9-7-13)18(20)21/h6-9,11-12,15,17,19H,10H2,1-5H3. The molecule has 0 saturated carbocycles. The van der Waals surface area contributed by atoms with Crippen molar-refractivity contribution in [3.05, 3.63) is 39.9 Å². The summed E-state index contributed by atoms with van der Waals surface area (Å²) in [7, 11) is 0. The van der Waals surface area contributed by atoms with E-state index in [4.69, 9.17) is 0 Å². The van der Waals surface area contributed by atoms with Gasteiger partial charge in [-0.2, -0.15) is 0 Å². The first-order chi connectivity index (χ1) is 9.65. The molecule has 0 bridgehead atoms. The summed E-state index contributed by atoms with van der Waals surface area (Å²) in [4.78, 5) is 10.2. The number of nitrogens with zero attached hydrogens (tertiary/aromatic N) is 1. The van der Waals surface area contributed by atoms with Crippen LogP contribution in [0.3, 0.4) is 0 Å². The quantitative estimate of drug-likeness (QED) is 0.597. The van der Waals surface area contributed by atoms with Gasteiger partial charge in [-0.05, 0) is 18.4 Å². The van der Waals surface area contributed by atoms with Crippen LogP contribution in [-0.4, -0.2) is 22.7 Å². The third kappa shape index (κ3) is 4.79. The van der Waals surface area contributed by atoms with Crippen LogP contribution in [0.25, 0.3) is 0 Å². The number of aliphatic hydroxyl groups is 1. The van der Waals surface area contributed by atoms with E-state index in [1.54, 1.807) is 12.1 Å². The zero-order valence-corrected chi connectivity index (χ0v) is 13.5. The number of benzene rings is 1. The lowest BCUT2D eigenvalue weighted by Gasteiger charge is -2.34. The van der Waals surface area contributed by atoms with Crippen LogP contribution in [0, 0.1) is 21.4 Å². The van der Waals surface area contributed by atoms with Crippen LogP contribution in [0.2, 0.25) is 0 Å². The molecule has 2 unspecified atom stereocenters. The maximum absolute atomic E-state index is 10.6. The molecule has 1 aromatic carbocycles. The van der Waals surface area contributed by atoms with Gasteiger partial charge in [-0.15, -0.1) is 0 Å². The number of hydrogen-bond donors (Lipinski definition) is 2. The summed E-state index contributed by atoms with van der Waals surface area (Å²) < 4.78 is 0. The second-order valence-electron chi connectivity index (χ2n) is 6.63. The van der Waals surface area contributed by atoms with Crippen LogP contribution in [0.15, 0.2) is 24.3 Å². The summed E-state index contributed by atoms with van der Waals surface area (Å²) in [6.07, 6.45) is -0.380. The van der Waals surface area contributed by atoms with E-state index in [-0.39, 0.29) is 29.2 Å². The van der Waals surface area contributed by atoms with Gasteiger partial charge >= 0.3 is 0 Å². The second kappa shape index (κ2) is 7.00. The van der Waals surface area contributed by atoms with E-state index in [9.17, 15) is 15.2 Å². The van der Waals surface area contributed by atoms with E-state index in [2.05, 4.69) is 5.32 Å². The molecule has 0 spiro atoms. The van der Waals surface area contributed by atoms with Crippen molar-refractivity contribution < 1.29 is 10.0 Å². The molecule has 2 atom stereocenters. The highest BCUT2D eigenvalue weighted by molar-refractivity contribution is 5.34. The van der Waals surface area contributed by atoms with E-state index < -0.39 is 4.92 Å². The molecule has 0 fully saturated rings. The van der Waals surface area contributed by atoms with E-state index in [1.165, 1.54) is 12.1 Å². The molecule has 0 aliphatic heterocycles. The van der Waals surface area contributed by atoms with E-state index in [0.717, 1.165) is 5.56 Å². The van der Waals surface area contributed by atoms with Gasteiger partial charge in [0.1, 0.15) is 0 Å². The summed E-state index contributed by atoms with van der Waals surface area (Å²) in [5.41, 5.74) is 0.861. The predicted molar refractivity (Wildman–Crippen MR) is 84.1 cm³/mol. The average molecular weight is 294 g/mol.